The van der Waals surface area contributed by atoms with Crippen LogP contribution in [0.4, 0.5) is 0 Å². The Morgan fingerprint density at radius 2 is 2.25 bits per heavy atom. The van der Waals surface area contributed by atoms with E-state index in [9.17, 15) is 0 Å². The number of nitrogens with zero attached hydrogens (tertiary/aromatic N) is 3. The van der Waals surface area contributed by atoms with E-state index in [2.05, 4.69) is 27.4 Å². The summed E-state index contributed by atoms with van der Waals surface area (Å²) in [5.74, 6) is 2.54. The van der Waals surface area contributed by atoms with Crippen molar-refractivity contribution < 1.29 is 8.94 Å². The van der Waals surface area contributed by atoms with Crippen LogP contribution in [0.15, 0.2) is 27.3 Å². The lowest BCUT2D eigenvalue weighted by Gasteiger charge is -2.26. The van der Waals surface area contributed by atoms with Crippen molar-refractivity contribution in [2.75, 3.05) is 26.7 Å². The highest BCUT2D eigenvalue weighted by Gasteiger charge is 2.17. The number of furan rings is 1. The highest BCUT2D eigenvalue weighted by atomic mass is 16.5. The molecule has 1 aliphatic heterocycles. The van der Waals surface area contributed by atoms with E-state index in [1.165, 1.54) is 12.8 Å². The van der Waals surface area contributed by atoms with Crippen LogP contribution in [0.3, 0.4) is 0 Å². The van der Waals surface area contributed by atoms with Crippen molar-refractivity contribution in [3.8, 4) is 11.6 Å². The molecule has 1 saturated heterocycles. The summed E-state index contributed by atoms with van der Waals surface area (Å²) in [7, 11) is 2.10. The minimum Gasteiger partial charge on any atom is -0.461 e. The van der Waals surface area contributed by atoms with Gasteiger partial charge in [0.05, 0.1) is 12.8 Å². The lowest BCUT2D eigenvalue weighted by molar-refractivity contribution is 0.210. The Kier molecular flexibility index (Phi) is 4.13. The minimum absolute atomic E-state index is 0.514. The second-order valence-corrected chi connectivity index (χ2v) is 5.38. The Morgan fingerprint density at radius 1 is 1.40 bits per heavy atom. The standard InChI is InChI=1S/C14H20N4O2/c1-18(9-11-4-6-15-7-5-11)10-13-16-14(17-20-13)12-3-2-8-19-12/h2-3,8,11,15H,4-7,9-10H2,1H3. The van der Waals surface area contributed by atoms with Gasteiger partial charge in [-0.3, -0.25) is 4.90 Å². The Bertz CT molecular complexity index is 517. The molecule has 0 saturated carbocycles. The van der Waals surface area contributed by atoms with Crippen molar-refractivity contribution in [3.63, 3.8) is 0 Å². The molecule has 0 atom stereocenters. The van der Waals surface area contributed by atoms with E-state index in [-0.39, 0.29) is 0 Å². The van der Waals surface area contributed by atoms with Gasteiger partial charge in [-0.1, -0.05) is 5.16 Å². The van der Waals surface area contributed by atoms with E-state index < -0.39 is 0 Å². The first-order valence-corrected chi connectivity index (χ1v) is 7.07. The fraction of sp³-hybridized carbons (Fsp3) is 0.571. The normalized spacial score (nSPS) is 16.9. The Balaban J connectivity index is 1.54. The number of hydrogen-bond acceptors (Lipinski definition) is 6. The second kappa shape index (κ2) is 6.19. The Hall–Kier alpha value is -1.66. The predicted molar refractivity (Wildman–Crippen MR) is 73.9 cm³/mol. The quantitative estimate of drug-likeness (QED) is 0.897. The first-order valence-electron chi connectivity index (χ1n) is 7.07. The molecular weight excluding hydrogens is 256 g/mol. The van der Waals surface area contributed by atoms with Crippen LogP contribution in [0.2, 0.25) is 0 Å². The molecule has 0 aliphatic carbocycles. The zero-order valence-corrected chi connectivity index (χ0v) is 11.7. The molecule has 2 aromatic heterocycles. The first-order chi connectivity index (χ1) is 9.81. The third-order valence-corrected chi connectivity index (χ3v) is 3.64. The van der Waals surface area contributed by atoms with Gasteiger partial charge in [-0.25, -0.2) is 0 Å². The topological polar surface area (TPSA) is 67.3 Å². The summed E-state index contributed by atoms with van der Waals surface area (Å²) in [5, 5.41) is 7.33. The SMILES string of the molecule is CN(Cc1nc(-c2ccco2)no1)CC1CCNCC1. The van der Waals surface area contributed by atoms with Crippen molar-refractivity contribution in [2.45, 2.75) is 19.4 Å². The maximum Gasteiger partial charge on any atom is 0.241 e. The van der Waals surface area contributed by atoms with Crippen molar-refractivity contribution in [1.29, 1.82) is 0 Å². The molecule has 0 unspecified atom stereocenters. The molecule has 3 heterocycles. The number of piperidine rings is 1. The van der Waals surface area contributed by atoms with Crippen LogP contribution >= 0.6 is 0 Å². The van der Waals surface area contributed by atoms with Crippen LogP contribution in [-0.4, -0.2) is 41.7 Å². The van der Waals surface area contributed by atoms with Crippen molar-refractivity contribution in [2.24, 2.45) is 5.92 Å². The van der Waals surface area contributed by atoms with Gasteiger partial charge in [0.2, 0.25) is 11.7 Å². The number of nitrogens with one attached hydrogen (secondary N) is 1. The van der Waals surface area contributed by atoms with Crippen molar-refractivity contribution in [3.05, 3.63) is 24.3 Å². The summed E-state index contributed by atoms with van der Waals surface area (Å²) in [6.45, 7) is 4.00. The van der Waals surface area contributed by atoms with Gasteiger partial charge in [-0.2, -0.15) is 4.98 Å². The predicted octanol–water partition coefficient (Wildman–Crippen LogP) is 1.76. The molecule has 0 bridgehead atoms. The van der Waals surface area contributed by atoms with E-state index in [0.29, 0.717) is 24.0 Å². The van der Waals surface area contributed by atoms with Crippen molar-refractivity contribution >= 4 is 0 Å². The number of aromatic nitrogens is 2. The Morgan fingerprint density at radius 3 is 3.00 bits per heavy atom. The molecule has 0 radical (unpaired) electrons. The van der Waals surface area contributed by atoms with E-state index >= 15 is 0 Å². The third-order valence-electron chi connectivity index (χ3n) is 3.64. The fourth-order valence-corrected chi connectivity index (χ4v) is 2.63. The second-order valence-electron chi connectivity index (χ2n) is 5.38. The van der Waals surface area contributed by atoms with Gasteiger partial charge in [0.1, 0.15) is 0 Å². The molecule has 2 aromatic rings. The summed E-state index contributed by atoms with van der Waals surface area (Å²) in [6, 6.07) is 3.64. The third kappa shape index (κ3) is 3.26. The van der Waals surface area contributed by atoms with E-state index in [0.717, 1.165) is 25.6 Å². The van der Waals surface area contributed by atoms with Crippen LogP contribution in [-0.2, 0) is 6.54 Å². The summed E-state index contributed by atoms with van der Waals surface area (Å²) in [6.07, 6.45) is 4.09. The van der Waals surface area contributed by atoms with Gasteiger partial charge >= 0.3 is 0 Å². The molecule has 1 N–H and O–H groups in total. The monoisotopic (exact) mass is 276 g/mol. The smallest absolute Gasteiger partial charge is 0.241 e. The van der Waals surface area contributed by atoms with Crippen LogP contribution in [0.1, 0.15) is 18.7 Å². The summed E-state index contributed by atoms with van der Waals surface area (Å²) >= 11 is 0. The zero-order chi connectivity index (χ0) is 13.8. The molecule has 0 spiro atoms. The largest absolute Gasteiger partial charge is 0.461 e. The zero-order valence-electron chi connectivity index (χ0n) is 11.7. The Labute approximate surface area is 118 Å². The molecule has 6 heteroatoms. The van der Waals surface area contributed by atoms with Gasteiger partial charge < -0.3 is 14.3 Å². The van der Waals surface area contributed by atoms with Gasteiger partial charge in [0, 0.05) is 6.54 Å². The molecule has 20 heavy (non-hydrogen) atoms. The number of rotatable bonds is 5. The van der Waals surface area contributed by atoms with Gasteiger partial charge in [-0.15, -0.1) is 0 Å². The minimum atomic E-state index is 0.514. The fourth-order valence-electron chi connectivity index (χ4n) is 2.63. The van der Waals surface area contributed by atoms with Crippen LogP contribution in [0.5, 0.6) is 0 Å². The first kappa shape index (κ1) is 13.3. The highest BCUT2D eigenvalue weighted by molar-refractivity contribution is 5.44. The van der Waals surface area contributed by atoms with E-state index in [4.69, 9.17) is 8.94 Å². The van der Waals surface area contributed by atoms with Gasteiger partial charge in [0.25, 0.3) is 0 Å². The molecule has 3 rings (SSSR count). The summed E-state index contributed by atoms with van der Waals surface area (Å²) in [5.41, 5.74) is 0. The molecule has 1 fully saturated rings. The van der Waals surface area contributed by atoms with Gasteiger partial charge in [-0.05, 0) is 51.0 Å². The molecule has 0 amide bonds. The highest BCUT2D eigenvalue weighted by Crippen LogP contribution is 2.17. The molecule has 1 aliphatic rings. The van der Waals surface area contributed by atoms with Crippen LogP contribution in [0.25, 0.3) is 11.6 Å². The average molecular weight is 276 g/mol. The van der Waals surface area contributed by atoms with Crippen molar-refractivity contribution in [1.82, 2.24) is 20.4 Å². The van der Waals surface area contributed by atoms with Crippen LogP contribution < -0.4 is 5.32 Å². The van der Waals surface area contributed by atoms with E-state index in [1.807, 2.05) is 12.1 Å². The molecule has 6 nitrogen and oxygen atoms in total. The summed E-state index contributed by atoms with van der Waals surface area (Å²) < 4.78 is 10.5. The number of hydrogen-bond donors (Lipinski definition) is 1. The average Bonchev–Trinajstić information content (AvgIpc) is 3.10. The maximum atomic E-state index is 5.27. The van der Waals surface area contributed by atoms with E-state index in [1.54, 1.807) is 6.26 Å². The molecule has 0 aromatic carbocycles. The van der Waals surface area contributed by atoms with Crippen LogP contribution in [0, 0.1) is 5.92 Å². The molecule has 108 valence electrons. The van der Waals surface area contributed by atoms with Gasteiger partial charge in [0.15, 0.2) is 5.76 Å². The lowest BCUT2D eigenvalue weighted by Crippen LogP contribution is -2.34. The summed E-state index contributed by atoms with van der Waals surface area (Å²) in [4.78, 5) is 6.61. The lowest BCUT2D eigenvalue weighted by atomic mass is 9.98. The molecular formula is C14H20N4O2. The maximum absolute atomic E-state index is 5.27.